The first-order chi connectivity index (χ1) is 14.6. The second-order valence-electron chi connectivity index (χ2n) is 10.2. The fraction of sp³-hybridized carbons (Fsp3) is 0.680. The van der Waals surface area contributed by atoms with Crippen LogP contribution in [0.5, 0.6) is 0 Å². The molecule has 31 heavy (non-hydrogen) atoms. The van der Waals surface area contributed by atoms with Crippen molar-refractivity contribution in [1.29, 1.82) is 0 Å². The van der Waals surface area contributed by atoms with Crippen LogP contribution in [0.1, 0.15) is 76.6 Å². The molecule has 0 aliphatic heterocycles. The van der Waals surface area contributed by atoms with Gasteiger partial charge in [-0.2, -0.15) is 0 Å². The molecule has 1 spiro atoms. The summed E-state index contributed by atoms with van der Waals surface area (Å²) in [6.45, 7) is 9.46. The largest absolute Gasteiger partial charge is 0.385 e. The maximum Gasteiger partial charge on any atom is 0.250 e. The van der Waals surface area contributed by atoms with Crippen molar-refractivity contribution in [1.82, 2.24) is 5.32 Å². The van der Waals surface area contributed by atoms with Gasteiger partial charge in [-0.25, -0.2) is 0 Å². The smallest absolute Gasteiger partial charge is 0.250 e. The Morgan fingerprint density at radius 2 is 1.87 bits per heavy atom. The number of halogens is 1. The molecule has 5 rings (SSSR count). The number of rotatable bonds is 4. The molecule has 5 nitrogen and oxygen atoms in total. The molecule has 4 N–H and O–H groups in total. The molecule has 0 saturated heterocycles. The number of primary amides is 1. The maximum absolute atomic E-state index is 10.9. The topological polar surface area (TPSA) is 84.2 Å². The Balaban J connectivity index is 0.000000141. The molecule has 4 fully saturated rings. The highest BCUT2D eigenvalue weighted by Crippen LogP contribution is 2.78. The van der Waals surface area contributed by atoms with Gasteiger partial charge in [0.25, 0.3) is 0 Å². The number of anilines is 1. The molecular formula is C25H38ClN3O2. The molecule has 3 bridgehead atoms. The van der Waals surface area contributed by atoms with E-state index < -0.39 is 5.91 Å². The van der Waals surface area contributed by atoms with Gasteiger partial charge in [-0.05, 0) is 99.2 Å². The van der Waals surface area contributed by atoms with E-state index in [1.165, 1.54) is 18.8 Å². The van der Waals surface area contributed by atoms with Crippen molar-refractivity contribution in [3.8, 4) is 0 Å². The molecule has 0 heterocycles. The highest BCUT2D eigenvalue weighted by Gasteiger charge is 2.69. The molecule has 4 aliphatic carbocycles. The van der Waals surface area contributed by atoms with Crippen molar-refractivity contribution in [2.75, 3.05) is 18.4 Å². The maximum atomic E-state index is 10.9. The van der Waals surface area contributed by atoms with Gasteiger partial charge in [0, 0.05) is 25.7 Å². The van der Waals surface area contributed by atoms with Crippen LogP contribution >= 0.6 is 11.6 Å². The molecule has 5 atom stereocenters. The van der Waals surface area contributed by atoms with Gasteiger partial charge in [-0.1, -0.05) is 18.5 Å². The van der Waals surface area contributed by atoms with Gasteiger partial charge >= 0.3 is 0 Å². The van der Waals surface area contributed by atoms with Gasteiger partial charge in [-0.3, -0.25) is 9.59 Å². The van der Waals surface area contributed by atoms with Gasteiger partial charge in [0.1, 0.15) is 0 Å². The third-order valence-electron chi connectivity index (χ3n) is 7.80. The van der Waals surface area contributed by atoms with Crippen molar-refractivity contribution >= 4 is 29.1 Å². The minimum Gasteiger partial charge on any atom is -0.385 e. The fourth-order valence-electron chi connectivity index (χ4n) is 7.07. The molecule has 5 unspecified atom stereocenters. The minimum absolute atomic E-state index is 0.0394. The van der Waals surface area contributed by atoms with Gasteiger partial charge in [0.2, 0.25) is 11.8 Å². The standard InChI is InChI=1S/C12H18.C9H11ClN2O.C4H9NO/c1-11-4-8-2-9-3-10(6-11)12(9,5-8)7-11;1-2-12-6-3-4-8(10)7(5-6)9(11)13;1-3-5-4(2)6/h8-10H,2-7H2,1H3;3-5,12H,2H2,1H3,(H2,11,13);3H2,1-2H3,(H,5,6). The zero-order chi connectivity index (χ0) is 22.8. The van der Waals surface area contributed by atoms with Crippen molar-refractivity contribution in [3.05, 3.63) is 28.8 Å². The molecule has 172 valence electrons. The van der Waals surface area contributed by atoms with E-state index in [2.05, 4.69) is 17.6 Å². The molecule has 6 heteroatoms. The summed E-state index contributed by atoms with van der Waals surface area (Å²) in [6, 6.07) is 5.10. The lowest BCUT2D eigenvalue weighted by Gasteiger charge is -2.49. The SMILES string of the molecule is CC12CC3CC4CC(C1)C4(C3)C2.CCNC(C)=O.CCNc1ccc(Cl)c(C(N)=O)c1. The lowest BCUT2D eigenvalue weighted by molar-refractivity contribution is -0.118. The number of hydrogen-bond donors (Lipinski definition) is 3. The van der Waals surface area contributed by atoms with Crippen LogP contribution in [0.3, 0.4) is 0 Å². The first kappa shape index (κ1) is 23.9. The molecule has 4 aliphatic rings. The quantitative estimate of drug-likeness (QED) is 0.590. The van der Waals surface area contributed by atoms with Crippen LogP contribution in [-0.4, -0.2) is 24.9 Å². The monoisotopic (exact) mass is 447 g/mol. The number of hydrogen-bond acceptors (Lipinski definition) is 3. The van der Waals surface area contributed by atoms with Crippen molar-refractivity contribution in [3.63, 3.8) is 0 Å². The van der Waals surface area contributed by atoms with Crippen LogP contribution in [0, 0.1) is 28.6 Å². The van der Waals surface area contributed by atoms with Crippen LogP contribution in [0.4, 0.5) is 5.69 Å². The zero-order valence-corrected chi connectivity index (χ0v) is 20.1. The highest BCUT2D eigenvalue weighted by atomic mass is 35.5. The minimum atomic E-state index is -0.509. The number of benzene rings is 1. The predicted octanol–water partition coefficient (Wildman–Crippen LogP) is 5.24. The van der Waals surface area contributed by atoms with Crippen LogP contribution in [-0.2, 0) is 4.79 Å². The Kier molecular flexibility index (Phi) is 7.25. The number of carbonyl (C=O) groups is 2. The normalized spacial score (nSPS) is 33.1. The average molecular weight is 448 g/mol. The Bertz CT molecular complexity index is 823. The van der Waals surface area contributed by atoms with Crippen LogP contribution < -0.4 is 16.4 Å². The van der Waals surface area contributed by atoms with Crippen LogP contribution in [0.25, 0.3) is 0 Å². The van der Waals surface area contributed by atoms with Crippen molar-refractivity contribution in [2.24, 2.45) is 34.3 Å². The summed E-state index contributed by atoms with van der Waals surface area (Å²) in [5, 5.41) is 6.02. The van der Waals surface area contributed by atoms with Crippen LogP contribution in [0.15, 0.2) is 18.2 Å². The van der Waals surface area contributed by atoms with E-state index in [4.69, 9.17) is 17.3 Å². The van der Waals surface area contributed by atoms with Gasteiger partial charge in [0.05, 0.1) is 10.6 Å². The third-order valence-corrected chi connectivity index (χ3v) is 8.13. The molecule has 0 radical (unpaired) electrons. The summed E-state index contributed by atoms with van der Waals surface area (Å²) in [5.74, 6) is 3.06. The summed E-state index contributed by atoms with van der Waals surface area (Å²) < 4.78 is 0. The molecule has 1 aromatic rings. The Morgan fingerprint density at radius 3 is 2.45 bits per heavy atom. The number of nitrogens with two attached hydrogens (primary N) is 1. The van der Waals surface area contributed by atoms with E-state index in [-0.39, 0.29) is 5.91 Å². The second-order valence-corrected chi connectivity index (χ2v) is 10.6. The number of nitrogens with one attached hydrogen (secondary N) is 2. The van der Waals surface area contributed by atoms with E-state index in [1.807, 2.05) is 13.8 Å². The van der Waals surface area contributed by atoms with E-state index in [0.717, 1.165) is 35.5 Å². The van der Waals surface area contributed by atoms with E-state index >= 15 is 0 Å². The predicted molar refractivity (Wildman–Crippen MR) is 127 cm³/mol. The molecule has 0 aromatic heterocycles. The highest BCUT2D eigenvalue weighted by molar-refractivity contribution is 6.33. The second kappa shape index (κ2) is 9.40. The lowest BCUT2D eigenvalue weighted by atomic mass is 9.56. The first-order valence-corrected chi connectivity index (χ1v) is 12.1. The number of fused-ring (bicyclic) bond motifs is 2. The molecule has 2 amide bonds. The Labute approximate surface area is 191 Å². The molecule has 1 aromatic carbocycles. The number of carbonyl (C=O) groups excluding carboxylic acids is 2. The lowest BCUT2D eigenvalue weighted by Crippen LogP contribution is -2.41. The molecular weight excluding hydrogens is 410 g/mol. The summed E-state index contributed by atoms with van der Waals surface area (Å²) >= 11 is 5.76. The van der Waals surface area contributed by atoms with Crippen molar-refractivity contribution in [2.45, 2.75) is 66.2 Å². The van der Waals surface area contributed by atoms with Gasteiger partial charge < -0.3 is 16.4 Å². The van der Waals surface area contributed by atoms with Gasteiger partial charge in [0.15, 0.2) is 0 Å². The first-order valence-electron chi connectivity index (χ1n) is 11.7. The summed E-state index contributed by atoms with van der Waals surface area (Å²) in [7, 11) is 0. The van der Waals surface area contributed by atoms with E-state index in [9.17, 15) is 9.59 Å². The number of amides is 2. The van der Waals surface area contributed by atoms with Gasteiger partial charge in [-0.15, -0.1) is 0 Å². The van der Waals surface area contributed by atoms with E-state index in [1.54, 1.807) is 56.7 Å². The fourth-order valence-corrected chi connectivity index (χ4v) is 7.28. The summed E-state index contributed by atoms with van der Waals surface area (Å²) in [6.07, 6.45) is 9.67. The van der Waals surface area contributed by atoms with Crippen LogP contribution in [0.2, 0.25) is 5.02 Å². The molecule has 4 saturated carbocycles. The Hall–Kier alpha value is -1.75. The zero-order valence-electron chi connectivity index (χ0n) is 19.4. The Morgan fingerprint density at radius 1 is 1.13 bits per heavy atom. The third kappa shape index (κ3) is 5.02. The summed E-state index contributed by atoms with van der Waals surface area (Å²) in [4.78, 5) is 20.8. The van der Waals surface area contributed by atoms with Crippen molar-refractivity contribution < 1.29 is 9.59 Å². The average Bonchev–Trinajstić information content (AvgIpc) is 2.98. The summed E-state index contributed by atoms with van der Waals surface area (Å²) in [5.41, 5.74) is 8.06. The van der Waals surface area contributed by atoms with E-state index in [0.29, 0.717) is 10.6 Å².